The van der Waals surface area contributed by atoms with Gasteiger partial charge in [0.05, 0.1) is 14.2 Å². The Labute approximate surface area is 58.4 Å². The smallest absolute Gasteiger partial charge is 0.0750 e. The molecular weight excluding hydrogens is 128 g/mol. The van der Waals surface area contributed by atoms with E-state index < -0.39 is 8.07 Å². The van der Waals surface area contributed by atoms with Crippen LogP contribution in [-0.2, 0) is 0 Å². The van der Waals surface area contributed by atoms with E-state index in [1.54, 1.807) is 6.92 Å². The van der Waals surface area contributed by atoms with Gasteiger partial charge in [-0.05, 0) is 6.92 Å². The summed E-state index contributed by atoms with van der Waals surface area (Å²) in [6.07, 6.45) is -0.323. The maximum atomic E-state index is 9.09. The minimum atomic E-state index is -1.27. The predicted molar refractivity (Wildman–Crippen MR) is 44.2 cm³/mol. The molecule has 0 aliphatic heterocycles. The van der Waals surface area contributed by atoms with Crippen molar-refractivity contribution >= 4 is 8.07 Å². The summed E-state index contributed by atoms with van der Waals surface area (Å²) >= 11 is 0. The highest BCUT2D eigenvalue weighted by Crippen LogP contribution is 2.15. The second kappa shape index (κ2) is 2.67. The Kier molecular flexibility index (Phi) is 2.64. The van der Waals surface area contributed by atoms with Gasteiger partial charge in [0.15, 0.2) is 0 Å². The first kappa shape index (κ1) is 8.92. The van der Waals surface area contributed by atoms with Crippen LogP contribution in [0.4, 0.5) is 0 Å². The molecule has 2 heteroatoms. The van der Waals surface area contributed by atoms with Gasteiger partial charge in [-0.25, -0.2) is 0 Å². The summed E-state index contributed by atoms with van der Waals surface area (Å²) in [4.78, 5) is 0. The standard InChI is InChI=1S/C7H16OSi/c1-6(8)7(2)9(3,4)5/h6,8H,2H2,1,3-5H3/t6-/m0/s1. The molecule has 0 amide bonds. The lowest BCUT2D eigenvalue weighted by molar-refractivity contribution is 0.238. The average molecular weight is 144 g/mol. The van der Waals surface area contributed by atoms with Gasteiger partial charge in [-0.3, -0.25) is 0 Å². The van der Waals surface area contributed by atoms with Gasteiger partial charge in [-0.15, -0.1) is 6.58 Å². The van der Waals surface area contributed by atoms with Crippen molar-refractivity contribution in [1.29, 1.82) is 0 Å². The highest BCUT2D eigenvalue weighted by molar-refractivity contribution is 6.83. The van der Waals surface area contributed by atoms with Gasteiger partial charge in [-0.1, -0.05) is 24.8 Å². The monoisotopic (exact) mass is 144 g/mol. The number of aliphatic hydroxyl groups excluding tert-OH is 1. The molecule has 0 fully saturated rings. The molecule has 0 aliphatic rings. The van der Waals surface area contributed by atoms with E-state index in [-0.39, 0.29) is 6.10 Å². The van der Waals surface area contributed by atoms with Crippen molar-refractivity contribution < 1.29 is 5.11 Å². The minimum absolute atomic E-state index is 0.323. The molecule has 1 N–H and O–H groups in total. The van der Waals surface area contributed by atoms with Gasteiger partial charge < -0.3 is 5.11 Å². The lowest BCUT2D eigenvalue weighted by atomic mass is 10.4. The summed E-state index contributed by atoms with van der Waals surface area (Å²) < 4.78 is 0. The number of hydrogen-bond donors (Lipinski definition) is 1. The van der Waals surface area contributed by atoms with Gasteiger partial charge in [0.1, 0.15) is 0 Å². The van der Waals surface area contributed by atoms with Crippen LogP contribution in [-0.4, -0.2) is 19.3 Å². The third-order valence-electron chi connectivity index (χ3n) is 1.47. The first-order valence-electron chi connectivity index (χ1n) is 3.23. The lowest BCUT2D eigenvalue weighted by Gasteiger charge is -2.21. The molecule has 9 heavy (non-hydrogen) atoms. The van der Waals surface area contributed by atoms with E-state index >= 15 is 0 Å². The summed E-state index contributed by atoms with van der Waals surface area (Å²) in [5.41, 5.74) is 0. The van der Waals surface area contributed by atoms with Crippen LogP contribution in [0, 0.1) is 0 Å². The van der Waals surface area contributed by atoms with Crippen LogP contribution in [0.1, 0.15) is 6.92 Å². The minimum Gasteiger partial charge on any atom is -0.389 e. The topological polar surface area (TPSA) is 20.2 Å². The Morgan fingerprint density at radius 3 is 1.78 bits per heavy atom. The van der Waals surface area contributed by atoms with E-state index in [1.165, 1.54) is 0 Å². The van der Waals surface area contributed by atoms with E-state index in [0.29, 0.717) is 0 Å². The van der Waals surface area contributed by atoms with E-state index in [4.69, 9.17) is 5.11 Å². The zero-order valence-corrected chi connectivity index (χ0v) is 7.73. The largest absolute Gasteiger partial charge is 0.389 e. The molecule has 0 aromatic heterocycles. The second-order valence-electron chi connectivity index (χ2n) is 3.45. The summed E-state index contributed by atoms with van der Waals surface area (Å²) in [5, 5.41) is 10.1. The fraction of sp³-hybridized carbons (Fsp3) is 0.714. The van der Waals surface area contributed by atoms with Crippen LogP contribution < -0.4 is 0 Å². The van der Waals surface area contributed by atoms with Crippen molar-refractivity contribution in [3.63, 3.8) is 0 Å². The van der Waals surface area contributed by atoms with Crippen LogP contribution in [0.2, 0.25) is 19.6 Å². The Balaban J connectivity index is 4.06. The summed E-state index contributed by atoms with van der Waals surface area (Å²) in [6.45, 7) is 12.2. The zero-order valence-electron chi connectivity index (χ0n) is 6.73. The normalized spacial score (nSPS) is 15.2. The van der Waals surface area contributed by atoms with Crippen LogP contribution >= 0.6 is 0 Å². The molecule has 0 rings (SSSR count). The first-order valence-corrected chi connectivity index (χ1v) is 6.73. The molecule has 0 saturated carbocycles. The summed E-state index contributed by atoms with van der Waals surface area (Å²) in [7, 11) is -1.27. The van der Waals surface area contributed by atoms with Gasteiger partial charge in [0.2, 0.25) is 0 Å². The molecule has 1 nitrogen and oxygen atoms in total. The molecule has 54 valence electrons. The van der Waals surface area contributed by atoms with Crippen molar-refractivity contribution in [2.45, 2.75) is 32.7 Å². The molecule has 0 bridgehead atoms. The average Bonchev–Trinajstić information content (AvgIpc) is 1.62. The maximum absolute atomic E-state index is 9.09. The highest BCUT2D eigenvalue weighted by Gasteiger charge is 2.20. The predicted octanol–water partition coefficient (Wildman–Crippen LogP) is 1.80. The van der Waals surface area contributed by atoms with Crippen molar-refractivity contribution in [3.05, 3.63) is 11.8 Å². The Morgan fingerprint density at radius 2 is 1.78 bits per heavy atom. The molecule has 0 aliphatic carbocycles. The lowest BCUT2D eigenvalue weighted by Crippen LogP contribution is -2.29. The SMILES string of the molecule is C=C([C@H](C)O)[Si](C)(C)C. The number of rotatable bonds is 2. The quantitative estimate of drug-likeness (QED) is 0.586. The van der Waals surface area contributed by atoms with Crippen LogP contribution in [0.5, 0.6) is 0 Å². The molecule has 1 atom stereocenters. The Morgan fingerprint density at radius 1 is 1.44 bits per heavy atom. The van der Waals surface area contributed by atoms with E-state index in [9.17, 15) is 0 Å². The Hall–Kier alpha value is -0.0831. The number of hydrogen-bond acceptors (Lipinski definition) is 1. The van der Waals surface area contributed by atoms with Crippen molar-refractivity contribution in [3.8, 4) is 0 Å². The van der Waals surface area contributed by atoms with E-state index in [2.05, 4.69) is 26.2 Å². The van der Waals surface area contributed by atoms with Gasteiger partial charge in [0.25, 0.3) is 0 Å². The molecule has 0 unspecified atom stereocenters. The number of aliphatic hydroxyl groups is 1. The molecule has 0 spiro atoms. The molecule has 0 aromatic carbocycles. The molecule has 0 heterocycles. The van der Waals surface area contributed by atoms with Crippen LogP contribution in [0.25, 0.3) is 0 Å². The fourth-order valence-corrected chi connectivity index (χ4v) is 1.88. The Bertz CT molecular complexity index is 111. The molecule has 0 radical (unpaired) electrons. The van der Waals surface area contributed by atoms with Gasteiger partial charge in [-0.2, -0.15) is 0 Å². The van der Waals surface area contributed by atoms with Crippen molar-refractivity contribution in [2.24, 2.45) is 0 Å². The third-order valence-corrected chi connectivity index (χ3v) is 3.81. The zero-order chi connectivity index (χ0) is 7.65. The van der Waals surface area contributed by atoms with E-state index in [0.717, 1.165) is 5.20 Å². The highest BCUT2D eigenvalue weighted by atomic mass is 28.3. The van der Waals surface area contributed by atoms with Gasteiger partial charge in [0, 0.05) is 0 Å². The van der Waals surface area contributed by atoms with Crippen molar-refractivity contribution in [2.75, 3.05) is 0 Å². The van der Waals surface area contributed by atoms with Crippen molar-refractivity contribution in [1.82, 2.24) is 0 Å². The fourth-order valence-electron chi connectivity index (χ4n) is 0.627. The maximum Gasteiger partial charge on any atom is 0.0750 e. The molecule has 0 aromatic rings. The summed E-state index contributed by atoms with van der Waals surface area (Å²) in [5.74, 6) is 0. The second-order valence-corrected chi connectivity index (χ2v) is 8.59. The molecule has 0 saturated heterocycles. The van der Waals surface area contributed by atoms with Crippen LogP contribution in [0.15, 0.2) is 11.8 Å². The first-order chi connectivity index (χ1) is 3.85. The van der Waals surface area contributed by atoms with Gasteiger partial charge >= 0.3 is 0 Å². The third kappa shape index (κ3) is 2.82. The molecular formula is C7H16OSi. The van der Waals surface area contributed by atoms with E-state index in [1.807, 2.05) is 0 Å². The van der Waals surface area contributed by atoms with Crippen LogP contribution in [0.3, 0.4) is 0 Å². The summed E-state index contributed by atoms with van der Waals surface area (Å²) in [6, 6.07) is 0.